The Kier molecular flexibility index (Phi) is 3.21. The van der Waals surface area contributed by atoms with Gasteiger partial charge in [-0.05, 0) is 34.1 Å². The van der Waals surface area contributed by atoms with Gasteiger partial charge in [0, 0.05) is 10.2 Å². The maximum Gasteiger partial charge on any atom is 0.277 e. The second-order valence-electron chi connectivity index (χ2n) is 2.94. The number of aromatic nitrogens is 3. The fourth-order valence-corrected chi connectivity index (χ4v) is 1.51. The Balaban J connectivity index is 2.15. The first-order chi connectivity index (χ1) is 7.66. The van der Waals surface area contributed by atoms with Gasteiger partial charge < -0.3 is 5.32 Å². The van der Waals surface area contributed by atoms with Gasteiger partial charge in [0.25, 0.3) is 5.91 Å². The first-order valence-corrected chi connectivity index (χ1v) is 5.46. The lowest BCUT2D eigenvalue weighted by Crippen LogP contribution is -2.12. The summed E-state index contributed by atoms with van der Waals surface area (Å²) in [5.41, 5.74) is 0.820. The average Bonchev–Trinajstić information content (AvgIpc) is 2.77. The monoisotopic (exact) mass is 300 g/mol. The number of nitrogens with one attached hydrogen (secondary N) is 2. The summed E-state index contributed by atoms with van der Waals surface area (Å²) in [5, 5.41) is 12.7. The Morgan fingerprint density at radius 2 is 2.31 bits per heavy atom. The smallest absolute Gasteiger partial charge is 0.277 e. The molecular formula is C9H6BrClN4O. The van der Waals surface area contributed by atoms with Gasteiger partial charge in [-0.1, -0.05) is 11.6 Å². The first-order valence-electron chi connectivity index (χ1n) is 4.29. The zero-order chi connectivity index (χ0) is 11.5. The highest BCUT2D eigenvalue weighted by Crippen LogP contribution is 2.25. The molecule has 0 aliphatic heterocycles. The molecule has 0 spiro atoms. The number of aromatic amines is 1. The zero-order valence-corrected chi connectivity index (χ0v) is 10.2. The van der Waals surface area contributed by atoms with Gasteiger partial charge >= 0.3 is 0 Å². The van der Waals surface area contributed by atoms with Crippen LogP contribution in [0.15, 0.2) is 28.9 Å². The maximum atomic E-state index is 11.6. The van der Waals surface area contributed by atoms with E-state index in [9.17, 15) is 4.79 Å². The summed E-state index contributed by atoms with van der Waals surface area (Å²) in [6.45, 7) is 0. The van der Waals surface area contributed by atoms with Gasteiger partial charge in [0.05, 0.1) is 11.2 Å². The number of halogens is 2. The van der Waals surface area contributed by atoms with Crippen molar-refractivity contribution in [2.24, 2.45) is 0 Å². The van der Waals surface area contributed by atoms with Crippen LogP contribution in [-0.2, 0) is 0 Å². The number of anilines is 1. The van der Waals surface area contributed by atoms with E-state index in [1.165, 1.54) is 6.20 Å². The van der Waals surface area contributed by atoms with Crippen molar-refractivity contribution in [3.8, 4) is 0 Å². The minimum absolute atomic E-state index is 0.221. The average molecular weight is 302 g/mol. The SMILES string of the molecule is O=C(Nc1ccc(Br)c(Cl)c1)c1cn[nH]n1. The Bertz CT molecular complexity index is 514. The minimum atomic E-state index is -0.341. The number of rotatable bonds is 2. The molecule has 16 heavy (non-hydrogen) atoms. The van der Waals surface area contributed by atoms with Gasteiger partial charge in [-0.15, -0.1) is 0 Å². The highest BCUT2D eigenvalue weighted by atomic mass is 79.9. The second kappa shape index (κ2) is 4.63. The van der Waals surface area contributed by atoms with Crippen LogP contribution < -0.4 is 5.32 Å². The third-order valence-corrected chi connectivity index (χ3v) is 3.06. The van der Waals surface area contributed by atoms with Gasteiger partial charge in [-0.3, -0.25) is 4.79 Å². The molecule has 0 bridgehead atoms. The molecule has 5 nitrogen and oxygen atoms in total. The summed E-state index contributed by atoms with van der Waals surface area (Å²) >= 11 is 9.15. The Hall–Kier alpha value is -1.40. The molecule has 0 radical (unpaired) electrons. The molecule has 0 saturated heterocycles. The molecule has 2 rings (SSSR count). The molecule has 0 aliphatic rings. The lowest BCUT2D eigenvalue weighted by Gasteiger charge is -2.04. The molecule has 0 atom stereocenters. The Morgan fingerprint density at radius 1 is 1.50 bits per heavy atom. The number of amides is 1. The lowest BCUT2D eigenvalue weighted by molar-refractivity contribution is 0.102. The molecule has 1 amide bonds. The van der Waals surface area contributed by atoms with Crippen molar-refractivity contribution in [1.29, 1.82) is 0 Å². The van der Waals surface area contributed by atoms with E-state index < -0.39 is 0 Å². The van der Waals surface area contributed by atoms with E-state index in [1.807, 2.05) is 0 Å². The molecule has 7 heteroatoms. The number of benzene rings is 1. The normalized spacial score (nSPS) is 10.1. The van der Waals surface area contributed by atoms with Crippen molar-refractivity contribution in [1.82, 2.24) is 15.4 Å². The van der Waals surface area contributed by atoms with Crippen molar-refractivity contribution < 1.29 is 4.79 Å². The summed E-state index contributed by atoms with van der Waals surface area (Å²) in [5.74, 6) is -0.341. The van der Waals surface area contributed by atoms with Gasteiger partial charge in [0.2, 0.25) is 0 Å². The summed E-state index contributed by atoms with van der Waals surface area (Å²) in [6, 6.07) is 5.12. The van der Waals surface area contributed by atoms with Crippen LogP contribution in [0, 0.1) is 0 Å². The van der Waals surface area contributed by atoms with Crippen LogP contribution in [0.1, 0.15) is 10.5 Å². The topological polar surface area (TPSA) is 70.7 Å². The van der Waals surface area contributed by atoms with Crippen molar-refractivity contribution in [3.63, 3.8) is 0 Å². The van der Waals surface area contributed by atoms with Crippen molar-refractivity contribution in [3.05, 3.63) is 39.6 Å². The van der Waals surface area contributed by atoms with Gasteiger partial charge in [0.1, 0.15) is 0 Å². The summed E-state index contributed by atoms with van der Waals surface area (Å²) in [6.07, 6.45) is 1.34. The van der Waals surface area contributed by atoms with Crippen LogP contribution in [0.3, 0.4) is 0 Å². The van der Waals surface area contributed by atoms with Crippen LogP contribution in [0.5, 0.6) is 0 Å². The predicted octanol–water partition coefficient (Wildman–Crippen LogP) is 2.47. The number of H-pyrrole nitrogens is 1. The summed E-state index contributed by atoms with van der Waals surface area (Å²) in [4.78, 5) is 11.6. The fourth-order valence-electron chi connectivity index (χ4n) is 1.08. The molecule has 0 fully saturated rings. The largest absolute Gasteiger partial charge is 0.320 e. The zero-order valence-electron chi connectivity index (χ0n) is 7.87. The first kappa shape index (κ1) is 11.1. The van der Waals surface area contributed by atoms with Crippen LogP contribution in [0.2, 0.25) is 5.02 Å². The van der Waals surface area contributed by atoms with Crippen molar-refractivity contribution in [2.75, 3.05) is 5.32 Å². The van der Waals surface area contributed by atoms with Gasteiger partial charge in [0.15, 0.2) is 5.69 Å². The van der Waals surface area contributed by atoms with E-state index in [-0.39, 0.29) is 11.6 Å². The third kappa shape index (κ3) is 2.40. The summed E-state index contributed by atoms with van der Waals surface area (Å²) < 4.78 is 0.772. The van der Waals surface area contributed by atoms with Crippen molar-refractivity contribution in [2.45, 2.75) is 0 Å². The molecule has 0 aliphatic carbocycles. The third-order valence-electron chi connectivity index (χ3n) is 1.83. The highest BCUT2D eigenvalue weighted by molar-refractivity contribution is 9.10. The van der Waals surface area contributed by atoms with E-state index in [1.54, 1.807) is 18.2 Å². The van der Waals surface area contributed by atoms with Gasteiger partial charge in [-0.2, -0.15) is 15.4 Å². The maximum absolute atomic E-state index is 11.6. The summed E-state index contributed by atoms with van der Waals surface area (Å²) in [7, 11) is 0. The van der Waals surface area contributed by atoms with Crippen LogP contribution in [-0.4, -0.2) is 21.3 Å². The number of carbonyl (C=O) groups is 1. The fraction of sp³-hybridized carbons (Fsp3) is 0. The molecule has 0 saturated carbocycles. The van der Waals surface area contributed by atoms with E-state index >= 15 is 0 Å². The molecule has 2 N–H and O–H groups in total. The number of carbonyl (C=O) groups excluding carboxylic acids is 1. The van der Waals surface area contributed by atoms with E-state index in [2.05, 4.69) is 36.7 Å². The quantitative estimate of drug-likeness (QED) is 0.895. The number of nitrogens with zero attached hydrogens (tertiary/aromatic N) is 2. The highest BCUT2D eigenvalue weighted by Gasteiger charge is 2.09. The molecular weight excluding hydrogens is 295 g/mol. The number of hydrogen-bond donors (Lipinski definition) is 2. The van der Waals surface area contributed by atoms with E-state index in [0.717, 1.165) is 4.47 Å². The van der Waals surface area contributed by atoms with Crippen molar-refractivity contribution >= 4 is 39.1 Å². The molecule has 82 valence electrons. The molecule has 0 unspecified atom stereocenters. The standard InChI is InChI=1S/C9H6BrClN4O/c10-6-2-1-5(3-7(6)11)13-9(16)8-4-12-15-14-8/h1-4H,(H,13,16)(H,12,14,15). The second-order valence-corrected chi connectivity index (χ2v) is 4.20. The van der Waals surface area contributed by atoms with E-state index in [4.69, 9.17) is 11.6 Å². The molecule has 1 aromatic heterocycles. The van der Waals surface area contributed by atoms with Crippen LogP contribution in [0.25, 0.3) is 0 Å². The predicted molar refractivity (Wildman–Crippen MR) is 63.5 cm³/mol. The van der Waals surface area contributed by atoms with Crippen LogP contribution in [0.4, 0.5) is 5.69 Å². The lowest BCUT2D eigenvalue weighted by atomic mass is 10.3. The Morgan fingerprint density at radius 3 is 2.94 bits per heavy atom. The van der Waals surface area contributed by atoms with Crippen LogP contribution >= 0.6 is 27.5 Å². The molecule has 2 aromatic rings. The van der Waals surface area contributed by atoms with E-state index in [0.29, 0.717) is 10.7 Å². The minimum Gasteiger partial charge on any atom is -0.320 e. The Labute approximate surface area is 104 Å². The number of hydrogen-bond acceptors (Lipinski definition) is 3. The molecule has 1 heterocycles. The molecule has 1 aromatic carbocycles. The van der Waals surface area contributed by atoms with Gasteiger partial charge in [-0.25, -0.2) is 0 Å².